The number of hydrogen-bond donors (Lipinski definition) is 2. The fourth-order valence-electron chi connectivity index (χ4n) is 3.04. The number of carbonyl (C=O) groups excluding carboxylic acids is 2. The molecule has 2 aromatic carbocycles. The average Bonchev–Trinajstić information content (AvgIpc) is 2.67. The molecular formula is C20H22ClN3O3. The minimum Gasteiger partial charge on any atom is -0.378 e. The molecule has 1 fully saturated rings. The highest BCUT2D eigenvalue weighted by atomic mass is 35.5. The summed E-state index contributed by atoms with van der Waals surface area (Å²) in [4.78, 5) is 26.2. The second-order valence-electron chi connectivity index (χ2n) is 6.24. The molecule has 142 valence electrons. The lowest BCUT2D eigenvalue weighted by atomic mass is 10.1. The number of amides is 1. The molecule has 0 bridgehead atoms. The SMILES string of the molecule is CC(=O)c1ccccc1NC(=O)CNc1cccc(Cl)c1N1CCOCC1. The summed E-state index contributed by atoms with van der Waals surface area (Å²) in [7, 11) is 0. The van der Waals surface area contributed by atoms with Gasteiger partial charge in [0.15, 0.2) is 5.78 Å². The van der Waals surface area contributed by atoms with Gasteiger partial charge in [0.05, 0.1) is 41.8 Å². The van der Waals surface area contributed by atoms with Crippen LogP contribution in [0.4, 0.5) is 17.1 Å². The molecule has 3 rings (SSSR count). The summed E-state index contributed by atoms with van der Waals surface area (Å²) in [6, 6.07) is 12.5. The van der Waals surface area contributed by atoms with E-state index in [2.05, 4.69) is 15.5 Å². The number of ether oxygens (including phenoxy) is 1. The molecule has 6 nitrogen and oxygen atoms in total. The van der Waals surface area contributed by atoms with Gasteiger partial charge in [-0.15, -0.1) is 0 Å². The Kier molecular flexibility index (Phi) is 6.32. The van der Waals surface area contributed by atoms with E-state index in [4.69, 9.17) is 16.3 Å². The van der Waals surface area contributed by atoms with Crippen molar-refractivity contribution in [2.45, 2.75) is 6.92 Å². The van der Waals surface area contributed by atoms with Crippen LogP contribution < -0.4 is 15.5 Å². The number of anilines is 3. The van der Waals surface area contributed by atoms with Crippen molar-refractivity contribution in [2.24, 2.45) is 0 Å². The van der Waals surface area contributed by atoms with E-state index in [-0.39, 0.29) is 18.2 Å². The van der Waals surface area contributed by atoms with Crippen molar-refractivity contribution in [3.63, 3.8) is 0 Å². The molecule has 1 saturated heterocycles. The number of para-hydroxylation sites is 2. The van der Waals surface area contributed by atoms with Crippen molar-refractivity contribution in [1.29, 1.82) is 0 Å². The second-order valence-corrected chi connectivity index (χ2v) is 6.65. The zero-order valence-electron chi connectivity index (χ0n) is 15.1. The molecule has 2 aromatic rings. The van der Waals surface area contributed by atoms with E-state index in [9.17, 15) is 9.59 Å². The maximum atomic E-state index is 12.4. The lowest BCUT2D eigenvalue weighted by Gasteiger charge is -2.31. The molecule has 1 aliphatic heterocycles. The number of carbonyl (C=O) groups is 2. The van der Waals surface area contributed by atoms with E-state index in [1.807, 2.05) is 18.2 Å². The summed E-state index contributed by atoms with van der Waals surface area (Å²) in [5.74, 6) is -0.333. The summed E-state index contributed by atoms with van der Waals surface area (Å²) in [6.07, 6.45) is 0. The molecule has 0 aliphatic carbocycles. The molecule has 0 atom stereocenters. The molecule has 1 heterocycles. The van der Waals surface area contributed by atoms with E-state index in [1.54, 1.807) is 24.3 Å². The second kappa shape index (κ2) is 8.88. The first kappa shape index (κ1) is 19.2. The van der Waals surface area contributed by atoms with Gasteiger partial charge in [-0.05, 0) is 31.2 Å². The van der Waals surface area contributed by atoms with Crippen LogP contribution in [0.2, 0.25) is 5.02 Å². The largest absolute Gasteiger partial charge is 0.378 e. The monoisotopic (exact) mass is 387 g/mol. The zero-order chi connectivity index (χ0) is 19.2. The van der Waals surface area contributed by atoms with Crippen molar-refractivity contribution in [1.82, 2.24) is 0 Å². The zero-order valence-corrected chi connectivity index (χ0v) is 15.9. The van der Waals surface area contributed by atoms with Gasteiger partial charge >= 0.3 is 0 Å². The van der Waals surface area contributed by atoms with Crippen molar-refractivity contribution in [2.75, 3.05) is 48.4 Å². The Morgan fingerprint density at radius 2 is 1.78 bits per heavy atom. The molecule has 1 amide bonds. The van der Waals surface area contributed by atoms with Crippen LogP contribution in [0, 0.1) is 0 Å². The third kappa shape index (κ3) is 4.78. The number of nitrogens with zero attached hydrogens (tertiary/aromatic N) is 1. The maximum absolute atomic E-state index is 12.4. The molecule has 0 unspecified atom stereocenters. The molecule has 27 heavy (non-hydrogen) atoms. The first-order valence-electron chi connectivity index (χ1n) is 8.81. The Hall–Kier alpha value is -2.57. The lowest BCUT2D eigenvalue weighted by Crippen LogP contribution is -2.37. The van der Waals surface area contributed by atoms with E-state index in [0.717, 1.165) is 24.5 Å². The minimum atomic E-state index is -0.239. The van der Waals surface area contributed by atoms with Crippen LogP contribution in [0.15, 0.2) is 42.5 Å². The summed E-state index contributed by atoms with van der Waals surface area (Å²) in [6.45, 7) is 4.32. The molecule has 0 aromatic heterocycles. The van der Waals surface area contributed by atoms with Gasteiger partial charge in [0.25, 0.3) is 0 Å². The van der Waals surface area contributed by atoms with Crippen molar-refractivity contribution in [3.05, 3.63) is 53.1 Å². The van der Waals surface area contributed by atoms with Gasteiger partial charge in [-0.3, -0.25) is 9.59 Å². The smallest absolute Gasteiger partial charge is 0.243 e. The van der Waals surface area contributed by atoms with Gasteiger partial charge in [-0.25, -0.2) is 0 Å². The van der Waals surface area contributed by atoms with Crippen molar-refractivity contribution < 1.29 is 14.3 Å². The quantitative estimate of drug-likeness (QED) is 0.743. The number of benzene rings is 2. The van der Waals surface area contributed by atoms with E-state index < -0.39 is 0 Å². The highest BCUT2D eigenvalue weighted by molar-refractivity contribution is 6.34. The van der Waals surface area contributed by atoms with Gasteiger partial charge in [0.2, 0.25) is 5.91 Å². The number of rotatable bonds is 6. The topological polar surface area (TPSA) is 70.7 Å². The van der Waals surface area contributed by atoms with Gasteiger partial charge in [-0.1, -0.05) is 29.8 Å². The lowest BCUT2D eigenvalue weighted by molar-refractivity contribution is -0.114. The van der Waals surface area contributed by atoms with E-state index >= 15 is 0 Å². The summed E-state index contributed by atoms with van der Waals surface area (Å²) in [5, 5.41) is 6.57. The number of nitrogens with one attached hydrogen (secondary N) is 2. The highest BCUT2D eigenvalue weighted by Gasteiger charge is 2.18. The Balaban J connectivity index is 1.69. The highest BCUT2D eigenvalue weighted by Crippen LogP contribution is 2.34. The van der Waals surface area contributed by atoms with Crippen LogP contribution in [0.3, 0.4) is 0 Å². The number of morpholine rings is 1. The predicted octanol–water partition coefficient (Wildman–Crippen LogP) is 3.43. The summed E-state index contributed by atoms with van der Waals surface area (Å²) < 4.78 is 5.40. The standard InChI is InChI=1S/C20H22ClN3O3/c1-14(25)15-5-2-3-7-17(15)23-19(26)13-22-18-8-4-6-16(21)20(18)24-9-11-27-12-10-24/h2-8,22H,9-13H2,1H3,(H,23,26). The molecule has 0 radical (unpaired) electrons. The van der Waals surface area contributed by atoms with Crippen LogP contribution in [0.25, 0.3) is 0 Å². The molecule has 0 saturated carbocycles. The number of ketones is 1. The molecule has 2 N–H and O–H groups in total. The van der Waals surface area contributed by atoms with Crippen LogP contribution in [0.5, 0.6) is 0 Å². The first-order valence-corrected chi connectivity index (χ1v) is 9.19. The van der Waals surface area contributed by atoms with Crippen LogP contribution >= 0.6 is 11.6 Å². The third-order valence-electron chi connectivity index (χ3n) is 4.33. The average molecular weight is 388 g/mol. The Morgan fingerprint density at radius 1 is 1.07 bits per heavy atom. The summed E-state index contributed by atoms with van der Waals surface area (Å²) >= 11 is 6.40. The van der Waals surface area contributed by atoms with E-state index in [1.165, 1.54) is 6.92 Å². The Bertz CT molecular complexity index is 835. The van der Waals surface area contributed by atoms with Crippen LogP contribution in [0.1, 0.15) is 17.3 Å². The van der Waals surface area contributed by atoms with Gasteiger partial charge < -0.3 is 20.3 Å². The Labute approximate surface area is 163 Å². The fourth-order valence-corrected chi connectivity index (χ4v) is 3.33. The predicted molar refractivity (Wildman–Crippen MR) is 108 cm³/mol. The maximum Gasteiger partial charge on any atom is 0.243 e. The third-order valence-corrected chi connectivity index (χ3v) is 4.64. The number of hydrogen-bond acceptors (Lipinski definition) is 5. The Morgan fingerprint density at radius 3 is 2.52 bits per heavy atom. The molecule has 7 heteroatoms. The molecule has 0 spiro atoms. The van der Waals surface area contributed by atoms with Gasteiger partial charge in [0.1, 0.15) is 0 Å². The molecular weight excluding hydrogens is 366 g/mol. The van der Waals surface area contributed by atoms with Crippen molar-refractivity contribution >= 4 is 40.4 Å². The van der Waals surface area contributed by atoms with Crippen molar-refractivity contribution in [3.8, 4) is 0 Å². The van der Waals surface area contributed by atoms with Gasteiger partial charge in [0, 0.05) is 18.7 Å². The van der Waals surface area contributed by atoms with Crippen LogP contribution in [-0.2, 0) is 9.53 Å². The fraction of sp³-hybridized carbons (Fsp3) is 0.300. The summed E-state index contributed by atoms with van der Waals surface area (Å²) in [5.41, 5.74) is 2.66. The van der Waals surface area contributed by atoms with Crippen LogP contribution in [-0.4, -0.2) is 44.5 Å². The first-order chi connectivity index (χ1) is 13.1. The van der Waals surface area contributed by atoms with E-state index in [0.29, 0.717) is 29.5 Å². The normalized spacial score (nSPS) is 13.9. The number of halogens is 1. The van der Waals surface area contributed by atoms with Gasteiger partial charge in [-0.2, -0.15) is 0 Å². The number of Topliss-reactive ketones (excluding diaryl/α,β-unsaturated/α-hetero) is 1. The minimum absolute atomic E-state index is 0.0594. The molecule has 1 aliphatic rings.